The molecule has 8 heteroatoms. The zero-order valence-electron chi connectivity index (χ0n) is 17.0. The second kappa shape index (κ2) is 7.53. The van der Waals surface area contributed by atoms with E-state index < -0.39 is 11.6 Å². The Hall–Kier alpha value is -3.26. The van der Waals surface area contributed by atoms with Crippen molar-refractivity contribution in [1.82, 2.24) is 15.2 Å². The van der Waals surface area contributed by atoms with Gasteiger partial charge in [0, 0.05) is 18.8 Å². The minimum Gasteiger partial charge on any atom is -0.319 e. The Labute approximate surface area is 178 Å². The largest absolute Gasteiger partial charge is 0.325 e. The first kappa shape index (κ1) is 20.0. The molecule has 0 bridgehead atoms. The first-order valence-corrected chi connectivity index (χ1v) is 10.6. The van der Waals surface area contributed by atoms with E-state index in [1.165, 1.54) is 23.2 Å². The summed E-state index contributed by atoms with van der Waals surface area (Å²) in [5.74, 6) is -0.423. The van der Waals surface area contributed by atoms with Gasteiger partial charge >= 0.3 is 6.03 Å². The lowest BCUT2D eigenvalue weighted by molar-refractivity contribution is -0.131. The first-order chi connectivity index (χ1) is 14.3. The third-order valence-electron chi connectivity index (χ3n) is 5.39. The van der Waals surface area contributed by atoms with Crippen LogP contribution in [0, 0.1) is 0 Å². The SMILES string of the molecule is CCN(C(C)=O)c1nc(CN2C(=O)NC(C)(c3ccc4ccccc4c3)C2=O)cs1. The summed E-state index contributed by atoms with van der Waals surface area (Å²) in [6.45, 7) is 5.63. The molecule has 1 fully saturated rings. The molecule has 4 amide bonds. The lowest BCUT2D eigenvalue weighted by Gasteiger charge is -2.22. The Morgan fingerprint density at radius 2 is 1.93 bits per heavy atom. The van der Waals surface area contributed by atoms with Crippen LogP contribution in [0.15, 0.2) is 47.8 Å². The number of amides is 4. The van der Waals surface area contributed by atoms with Crippen molar-refractivity contribution in [1.29, 1.82) is 0 Å². The number of hydrogen-bond donors (Lipinski definition) is 1. The average Bonchev–Trinajstić information content (AvgIpc) is 3.27. The van der Waals surface area contributed by atoms with E-state index in [1.807, 2.05) is 49.4 Å². The Morgan fingerprint density at radius 1 is 1.20 bits per heavy atom. The summed E-state index contributed by atoms with van der Waals surface area (Å²) >= 11 is 1.32. The number of carbonyl (C=O) groups excluding carboxylic acids is 3. The van der Waals surface area contributed by atoms with Crippen LogP contribution >= 0.6 is 11.3 Å². The molecule has 154 valence electrons. The van der Waals surface area contributed by atoms with Gasteiger partial charge in [0.2, 0.25) is 5.91 Å². The van der Waals surface area contributed by atoms with E-state index in [1.54, 1.807) is 17.2 Å². The molecule has 2 aromatic carbocycles. The minimum atomic E-state index is -1.14. The fourth-order valence-electron chi connectivity index (χ4n) is 3.68. The molecule has 1 aromatic heterocycles. The van der Waals surface area contributed by atoms with Crippen molar-refractivity contribution < 1.29 is 14.4 Å². The maximum atomic E-state index is 13.2. The standard InChI is InChI=1S/C22H22N4O3S/c1-4-25(14(2)27)21-23-18(13-30-21)12-26-19(28)22(3,24-20(26)29)17-10-9-15-7-5-6-8-16(15)11-17/h5-11,13H,4,12H2,1-3H3,(H,24,29). The molecule has 0 aliphatic carbocycles. The average molecular weight is 423 g/mol. The van der Waals surface area contributed by atoms with Gasteiger partial charge in [0.25, 0.3) is 5.91 Å². The van der Waals surface area contributed by atoms with E-state index in [9.17, 15) is 14.4 Å². The van der Waals surface area contributed by atoms with Gasteiger partial charge in [-0.05, 0) is 36.2 Å². The molecule has 4 rings (SSSR count). The van der Waals surface area contributed by atoms with Gasteiger partial charge in [-0.3, -0.25) is 19.4 Å². The van der Waals surface area contributed by atoms with Crippen molar-refractivity contribution in [3.8, 4) is 0 Å². The summed E-state index contributed by atoms with van der Waals surface area (Å²) in [6.07, 6.45) is 0. The fraction of sp³-hybridized carbons (Fsp3) is 0.273. The first-order valence-electron chi connectivity index (χ1n) is 9.69. The van der Waals surface area contributed by atoms with Gasteiger partial charge < -0.3 is 5.32 Å². The molecule has 1 atom stereocenters. The number of thiazole rings is 1. The molecule has 7 nitrogen and oxygen atoms in total. The van der Waals surface area contributed by atoms with Crippen LogP contribution in [-0.2, 0) is 21.7 Å². The normalized spacial score (nSPS) is 18.7. The van der Waals surface area contributed by atoms with E-state index in [0.717, 1.165) is 16.3 Å². The molecule has 0 spiro atoms. The second-order valence-electron chi connectivity index (χ2n) is 7.39. The van der Waals surface area contributed by atoms with Crippen LogP contribution in [0.4, 0.5) is 9.93 Å². The van der Waals surface area contributed by atoms with E-state index in [0.29, 0.717) is 17.4 Å². The molecule has 0 saturated carbocycles. The lowest BCUT2D eigenvalue weighted by Crippen LogP contribution is -2.40. The molecule has 1 unspecified atom stereocenters. The number of aromatic nitrogens is 1. The number of anilines is 1. The van der Waals surface area contributed by atoms with Crippen molar-refractivity contribution in [3.63, 3.8) is 0 Å². The van der Waals surface area contributed by atoms with E-state index >= 15 is 0 Å². The molecule has 1 saturated heterocycles. The molecule has 0 radical (unpaired) electrons. The Balaban J connectivity index is 1.59. The Kier molecular flexibility index (Phi) is 5.03. The third-order valence-corrected chi connectivity index (χ3v) is 6.30. The molecule has 1 aliphatic rings. The summed E-state index contributed by atoms with van der Waals surface area (Å²) in [4.78, 5) is 44.8. The highest BCUT2D eigenvalue weighted by Gasteiger charge is 2.49. The topological polar surface area (TPSA) is 82.6 Å². The highest BCUT2D eigenvalue weighted by Crippen LogP contribution is 2.32. The highest BCUT2D eigenvalue weighted by atomic mass is 32.1. The zero-order valence-corrected chi connectivity index (χ0v) is 17.8. The van der Waals surface area contributed by atoms with Crippen LogP contribution in [0.25, 0.3) is 10.8 Å². The molecule has 1 N–H and O–H groups in total. The van der Waals surface area contributed by atoms with E-state index in [-0.39, 0.29) is 18.4 Å². The Bertz CT molecular complexity index is 1160. The van der Waals surface area contributed by atoms with Gasteiger partial charge in [-0.1, -0.05) is 36.4 Å². The summed E-state index contributed by atoms with van der Waals surface area (Å²) in [6, 6.07) is 13.2. The van der Waals surface area contributed by atoms with Gasteiger partial charge in [-0.15, -0.1) is 11.3 Å². The zero-order chi connectivity index (χ0) is 21.5. The van der Waals surface area contributed by atoms with Gasteiger partial charge in [0.1, 0.15) is 5.54 Å². The summed E-state index contributed by atoms with van der Waals surface area (Å²) < 4.78 is 0. The van der Waals surface area contributed by atoms with Gasteiger partial charge in [0.15, 0.2) is 5.13 Å². The molecule has 1 aliphatic heterocycles. The number of urea groups is 1. The molecule has 2 heterocycles. The number of benzene rings is 2. The van der Waals surface area contributed by atoms with Crippen molar-refractivity contribution in [3.05, 3.63) is 59.1 Å². The van der Waals surface area contributed by atoms with Gasteiger partial charge in [-0.2, -0.15) is 0 Å². The fourth-order valence-corrected chi connectivity index (χ4v) is 4.61. The quantitative estimate of drug-likeness (QED) is 0.637. The lowest BCUT2D eigenvalue weighted by atomic mass is 9.90. The maximum absolute atomic E-state index is 13.2. The summed E-state index contributed by atoms with van der Waals surface area (Å²) in [5, 5.41) is 7.24. The molecule has 30 heavy (non-hydrogen) atoms. The van der Waals surface area contributed by atoms with E-state index in [4.69, 9.17) is 0 Å². The van der Waals surface area contributed by atoms with Crippen LogP contribution in [0.5, 0.6) is 0 Å². The maximum Gasteiger partial charge on any atom is 0.325 e. The van der Waals surface area contributed by atoms with Crippen LogP contribution in [0.1, 0.15) is 32.0 Å². The third kappa shape index (κ3) is 3.33. The van der Waals surface area contributed by atoms with Crippen molar-refractivity contribution >= 4 is 45.1 Å². The molecule has 3 aromatic rings. The number of hydrogen-bond acceptors (Lipinski definition) is 5. The predicted octanol–water partition coefficient (Wildman–Crippen LogP) is 3.64. The number of fused-ring (bicyclic) bond motifs is 1. The number of nitrogens with one attached hydrogen (secondary N) is 1. The second-order valence-corrected chi connectivity index (χ2v) is 8.23. The van der Waals surface area contributed by atoms with Gasteiger partial charge in [-0.25, -0.2) is 9.78 Å². The van der Waals surface area contributed by atoms with Crippen LogP contribution in [0.2, 0.25) is 0 Å². The number of rotatable bonds is 5. The van der Waals surface area contributed by atoms with Gasteiger partial charge in [0.05, 0.1) is 12.2 Å². The minimum absolute atomic E-state index is 0.0554. The number of carbonyl (C=O) groups is 3. The monoisotopic (exact) mass is 422 g/mol. The number of imide groups is 1. The van der Waals surface area contributed by atoms with Crippen LogP contribution in [-0.4, -0.2) is 34.3 Å². The van der Waals surface area contributed by atoms with Crippen molar-refractivity contribution in [2.24, 2.45) is 0 Å². The van der Waals surface area contributed by atoms with Crippen molar-refractivity contribution in [2.45, 2.75) is 32.9 Å². The molecular formula is C22H22N4O3S. The summed E-state index contributed by atoms with van der Waals surface area (Å²) in [7, 11) is 0. The summed E-state index contributed by atoms with van der Waals surface area (Å²) in [5.41, 5.74) is 0.158. The number of nitrogens with zero attached hydrogens (tertiary/aromatic N) is 3. The van der Waals surface area contributed by atoms with Crippen LogP contribution < -0.4 is 10.2 Å². The Morgan fingerprint density at radius 3 is 2.63 bits per heavy atom. The van der Waals surface area contributed by atoms with Crippen LogP contribution in [0.3, 0.4) is 0 Å². The highest BCUT2D eigenvalue weighted by molar-refractivity contribution is 7.14. The van der Waals surface area contributed by atoms with Crippen molar-refractivity contribution in [2.75, 3.05) is 11.4 Å². The predicted molar refractivity (Wildman–Crippen MR) is 116 cm³/mol. The smallest absolute Gasteiger partial charge is 0.319 e. The van der Waals surface area contributed by atoms with E-state index in [2.05, 4.69) is 10.3 Å². The molecular weight excluding hydrogens is 400 g/mol.